The van der Waals surface area contributed by atoms with E-state index >= 15 is 0 Å². The summed E-state index contributed by atoms with van der Waals surface area (Å²) in [5.41, 5.74) is 1.52. The third kappa shape index (κ3) is 3.44. The van der Waals surface area contributed by atoms with Gasteiger partial charge in [0.2, 0.25) is 0 Å². The number of morpholine rings is 1. The van der Waals surface area contributed by atoms with Gasteiger partial charge in [0.05, 0.1) is 24.5 Å². The van der Waals surface area contributed by atoms with Crippen LogP contribution in [0, 0.1) is 12.8 Å². The van der Waals surface area contributed by atoms with Crippen LogP contribution in [0.4, 0.5) is 0 Å². The number of aromatic nitrogens is 2. The molecule has 2 fully saturated rings. The van der Waals surface area contributed by atoms with Crippen LogP contribution in [0.3, 0.4) is 0 Å². The van der Waals surface area contributed by atoms with Gasteiger partial charge in [0.15, 0.2) is 0 Å². The van der Waals surface area contributed by atoms with Crippen molar-refractivity contribution in [1.29, 1.82) is 0 Å². The molecule has 0 aromatic carbocycles. The maximum absolute atomic E-state index is 13.0. The van der Waals surface area contributed by atoms with Gasteiger partial charge in [-0.15, -0.1) is 0 Å². The summed E-state index contributed by atoms with van der Waals surface area (Å²) in [6, 6.07) is 0.444. The molecule has 6 heteroatoms. The number of amides is 1. The van der Waals surface area contributed by atoms with Crippen LogP contribution < -0.4 is 0 Å². The molecular formula is C18H28N4O2. The van der Waals surface area contributed by atoms with Gasteiger partial charge in [-0.3, -0.25) is 9.69 Å². The second kappa shape index (κ2) is 7.57. The third-order valence-corrected chi connectivity index (χ3v) is 5.29. The van der Waals surface area contributed by atoms with Crippen LogP contribution >= 0.6 is 0 Å². The summed E-state index contributed by atoms with van der Waals surface area (Å²) in [6.45, 7) is 11.3. The predicted molar refractivity (Wildman–Crippen MR) is 92.0 cm³/mol. The van der Waals surface area contributed by atoms with Gasteiger partial charge < -0.3 is 9.64 Å². The molecule has 0 saturated carbocycles. The van der Waals surface area contributed by atoms with Crippen molar-refractivity contribution in [1.82, 2.24) is 19.8 Å². The minimum atomic E-state index is 0.0843. The molecule has 2 saturated heterocycles. The maximum Gasteiger partial charge on any atom is 0.257 e. The van der Waals surface area contributed by atoms with E-state index in [-0.39, 0.29) is 5.91 Å². The summed E-state index contributed by atoms with van der Waals surface area (Å²) in [5, 5.41) is 0. The monoisotopic (exact) mass is 332 g/mol. The van der Waals surface area contributed by atoms with Crippen molar-refractivity contribution in [2.45, 2.75) is 39.7 Å². The Bertz CT molecular complexity index is 586. The number of carbonyl (C=O) groups excluding carboxylic acids is 1. The van der Waals surface area contributed by atoms with E-state index in [1.165, 1.54) is 0 Å². The Hall–Kier alpha value is -1.53. The van der Waals surface area contributed by atoms with Crippen molar-refractivity contribution in [2.75, 3.05) is 39.4 Å². The van der Waals surface area contributed by atoms with Crippen molar-refractivity contribution in [3.8, 4) is 0 Å². The molecule has 0 radical (unpaired) electrons. The fraction of sp³-hybridized carbons (Fsp3) is 0.722. The highest BCUT2D eigenvalue weighted by atomic mass is 16.5. The molecule has 24 heavy (non-hydrogen) atoms. The summed E-state index contributed by atoms with van der Waals surface area (Å²) in [6.07, 6.45) is 3.55. The number of hydrogen-bond acceptors (Lipinski definition) is 5. The van der Waals surface area contributed by atoms with Crippen molar-refractivity contribution >= 4 is 5.91 Å². The number of ether oxygens (including phenoxy) is 1. The van der Waals surface area contributed by atoms with Gasteiger partial charge in [-0.05, 0) is 19.3 Å². The first-order valence-corrected chi connectivity index (χ1v) is 9.07. The molecule has 2 unspecified atom stereocenters. The molecule has 0 spiro atoms. The molecule has 1 aromatic heterocycles. The van der Waals surface area contributed by atoms with Crippen molar-refractivity contribution in [3.63, 3.8) is 0 Å². The molecule has 0 bridgehead atoms. The van der Waals surface area contributed by atoms with Crippen molar-refractivity contribution in [3.05, 3.63) is 23.3 Å². The SMILES string of the molecule is CCc1nc(C)ncc1C(=O)N1CC(CC)C(N2CCOCC2)C1. The lowest BCUT2D eigenvalue weighted by Crippen LogP contribution is -2.47. The number of rotatable bonds is 4. The molecule has 132 valence electrons. The Morgan fingerprint density at radius 3 is 2.71 bits per heavy atom. The van der Waals surface area contributed by atoms with E-state index in [0.717, 1.165) is 63.8 Å². The molecule has 1 amide bonds. The number of hydrogen-bond donors (Lipinski definition) is 0. The fourth-order valence-electron chi connectivity index (χ4n) is 3.88. The summed E-state index contributed by atoms with van der Waals surface area (Å²) in [5.74, 6) is 1.34. The number of aryl methyl sites for hydroxylation is 2. The Labute approximate surface area is 144 Å². The second-order valence-electron chi connectivity index (χ2n) is 6.73. The molecule has 2 atom stereocenters. The average molecular weight is 332 g/mol. The lowest BCUT2D eigenvalue weighted by molar-refractivity contribution is 0.0103. The van der Waals surface area contributed by atoms with Gasteiger partial charge in [-0.2, -0.15) is 0 Å². The van der Waals surface area contributed by atoms with Gasteiger partial charge in [-0.1, -0.05) is 20.3 Å². The van der Waals surface area contributed by atoms with Crippen LogP contribution in [-0.2, 0) is 11.2 Å². The molecule has 3 rings (SSSR count). The standard InChI is InChI=1S/C18H28N4O2/c1-4-14-11-22(12-17(14)21-6-8-24-9-7-21)18(23)15-10-19-13(3)20-16(15)5-2/h10,14,17H,4-9,11-12H2,1-3H3. The smallest absolute Gasteiger partial charge is 0.257 e. The molecule has 2 aliphatic heterocycles. The summed E-state index contributed by atoms with van der Waals surface area (Å²) < 4.78 is 5.47. The number of carbonyl (C=O) groups is 1. The Balaban J connectivity index is 1.76. The van der Waals surface area contributed by atoms with Gasteiger partial charge in [-0.25, -0.2) is 9.97 Å². The van der Waals surface area contributed by atoms with E-state index in [9.17, 15) is 4.79 Å². The Kier molecular flexibility index (Phi) is 5.46. The van der Waals surface area contributed by atoms with E-state index < -0.39 is 0 Å². The minimum Gasteiger partial charge on any atom is -0.379 e. The van der Waals surface area contributed by atoms with E-state index in [2.05, 4.69) is 21.8 Å². The average Bonchev–Trinajstić information content (AvgIpc) is 3.06. The molecular weight excluding hydrogens is 304 g/mol. The van der Waals surface area contributed by atoms with E-state index in [4.69, 9.17) is 4.74 Å². The minimum absolute atomic E-state index is 0.0843. The van der Waals surface area contributed by atoms with Crippen LogP contribution in [0.15, 0.2) is 6.20 Å². The molecule has 2 aliphatic rings. The number of likely N-dealkylation sites (tertiary alicyclic amines) is 1. The topological polar surface area (TPSA) is 58.6 Å². The highest BCUT2D eigenvalue weighted by Gasteiger charge is 2.38. The normalized spacial score (nSPS) is 25.2. The van der Waals surface area contributed by atoms with Gasteiger partial charge >= 0.3 is 0 Å². The molecule has 1 aromatic rings. The van der Waals surface area contributed by atoms with E-state index in [1.54, 1.807) is 6.20 Å². The van der Waals surface area contributed by atoms with Crippen LogP contribution in [-0.4, -0.2) is 71.1 Å². The summed E-state index contributed by atoms with van der Waals surface area (Å²) in [7, 11) is 0. The van der Waals surface area contributed by atoms with Crippen molar-refractivity contribution < 1.29 is 9.53 Å². The zero-order valence-electron chi connectivity index (χ0n) is 15.0. The van der Waals surface area contributed by atoms with Gasteiger partial charge in [0.1, 0.15) is 5.82 Å². The highest BCUT2D eigenvalue weighted by molar-refractivity contribution is 5.95. The maximum atomic E-state index is 13.0. The van der Waals surface area contributed by atoms with Gasteiger partial charge in [0.25, 0.3) is 5.91 Å². The molecule has 3 heterocycles. The summed E-state index contributed by atoms with van der Waals surface area (Å²) in [4.78, 5) is 26.2. The molecule has 0 N–H and O–H groups in total. The zero-order valence-corrected chi connectivity index (χ0v) is 15.0. The van der Waals surface area contributed by atoms with Crippen LogP contribution in [0.2, 0.25) is 0 Å². The lowest BCUT2D eigenvalue weighted by atomic mass is 9.99. The highest BCUT2D eigenvalue weighted by Crippen LogP contribution is 2.27. The predicted octanol–water partition coefficient (Wildman–Crippen LogP) is 1.53. The lowest BCUT2D eigenvalue weighted by Gasteiger charge is -2.34. The van der Waals surface area contributed by atoms with Gasteiger partial charge in [0, 0.05) is 38.4 Å². The van der Waals surface area contributed by atoms with E-state index in [1.807, 2.05) is 18.7 Å². The first kappa shape index (κ1) is 17.3. The molecule has 0 aliphatic carbocycles. The number of nitrogens with zero attached hydrogens (tertiary/aromatic N) is 4. The fourth-order valence-corrected chi connectivity index (χ4v) is 3.88. The Morgan fingerprint density at radius 1 is 1.29 bits per heavy atom. The van der Waals surface area contributed by atoms with Crippen molar-refractivity contribution in [2.24, 2.45) is 5.92 Å². The molecule has 6 nitrogen and oxygen atoms in total. The zero-order chi connectivity index (χ0) is 17.1. The van der Waals surface area contributed by atoms with Crippen LogP contribution in [0.5, 0.6) is 0 Å². The Morgan fingerprint density at radius 2 is 2.04 bits per heavy atom. The quantitative estimate of drug-likeness (QED) is 0.837. The van der Waals surface area contributed by atoms with Crippen LogP contribution in [0.25, 0.3) is 0 Å². The van der Waals surface area contributed by atoms with Crippen LogP contribution in [0.1, 0.15) is 42.1 Å². The third-order valence-electron chi connectivity index (χ3n) is 5.29. The second-order valence-corrected chi connectivity index (χ2v) is 6.73. The first-order chi connectivity index (χ1) is 11.6. The van der Waals surface area contributed by atoms with E-state index in [0.29, 0.717) is 17.5 Å². The summed E-state index contributed by atoms with van der Waals surface area (Å²) >= 11 is 0. The largest absolute Gasteiger partial charge is 0.379 e. The first-order valence-electron chi connectivity index (χ1n) is 9.07.